The van der Waals surface area contributed by atoms with Crippen LogP contribution < -0.4 is 10.6 Å². The summed E-state index contributed by atoms with van der Waals surface area (Å²) in [4.78, 5) is 37.3. The zero-order valence-corrected chi connectivity index (χ0v) is 22.3. The Morgan fingerprint density at radius 2 is 1.77 bits per heavy atom. The number of hydrogen-bond acceptors (Lipinski definition) is 6. The largest absolute Gasteiger partial charge is 0.416 e. The van der Waals surface area contributed by atoms with Gasteiger partial charge in [-0.3, -0.25) is 14.5 Å². The third-order valence-electron chi connectivity index (χ3n) is 6.64. The third kappa shape index (κ3) is 7.96. The zero-order chi connectivity index (χ0) is 28.7. The van der Waals surface area contributed by atoms with Crippen molar-refractivity contribution in [3.63, 3.8) is 0 Å². The zero-order valence-electron chi connectivity index (χ0n) is 22.3. The Kier molecular flexibility index (Phi) is 9.28. The van der Waals surface area contributed by atoms with Crippen molar-refractivity contribution in [3.05, 3.63) is 89.0 Å². The molecule has 2 N–H and O–H groups in total. The summed E-state index contributed by atoms with van der Waals surface area (Å²) in [6.45, 7) is 5.04. The van der Waals surface area contributed by atoms with Crippen LogP contribution >= 0.6 is 0 Å². The van der Waals surface area contributed by atoms with E-state index in [1.807, 2.05) is 11.9 Å². The van der Waals surface area contributed by atoms with E-state index in [2.05, 4.69) is 25.5 Å². The number of aromatic nitrogens is 2. The van der Waals surface area contributed by atoms with Gasteiger partial charge in [0, 0.05) is 60.6 Å². The molecular formula is C29H31F3N6O2. The lowest BCUT2D eigenvalue weighted by Crippen LogP contribution is -2.29. The van der Waals surface area contributed by atoms with Crippen LogP contribution in [0, 0.1) is 6.92 Å². The smallest absolute Gasteiger partial charge is 0.322 e. The average Bonchev–Trinajstić information content (AvgIpc) is 3.13. The first-order valence-corrected chi connectivity index (χ1v) is 12.9. The molecule has 11 heteroatoms. The van der Waals surface area contributed by atoms with Gasteiger partial charge < -0.3 is 15.5 Å². The Labute approximate surface area is 230 Å². The fourth-order valence-electron chi connectivity index (χ4n) is 4.40. The summed E-state index contributed by atoms with van der Waals surface area (Å²) < 4.78 is 42.0. The van der Waals surface area contributed by atoms with E-state index in [0.717, 1.165) is 31.1 Å². The van der Waals surface area contributed by atoms with Crippen LogP contribution in [-0.2, 0) is 17.5 Å². The minimum Gasteiger partial charge on any atom is -0.322 e. The van der Waals surface area contributed by atoms with E-state index >= 15 is 0 Å². The van der Waals surface area contributed by atoms with Gasteiger partial charge in [-0.15, -0.1) is 0 Å². The molecule has 8 nitrogen and oxygen atoms in total. The van der Waals surface area contributed by atoms with Gasteiger partial charge in [0.2, 0.25) is 5.91 Å². The van der Waals surface area contributed by atoms with E-state index in [9.17, 15) is 22.8 Å². The van der Waals surface area contributed by atoms with Gasteiger partial charge >= 0.3 is 6.18 Å². The first kappa shape index (κ1) is 28.9. The highest BCUT2D eigenvalue weighted by atomic mass is 19.4. The summed E-state index contributed by atoms with van der Waals surface area (Å²) in [5.74, 6) is -1.09. The molecule has 1 fully saturated rings. The van der Waals surface area contributed by atoms with Crippen molar-refractivity contribution in [3.8, 4) is 0 Å². The Balaban J connectivity index is 1.47. The first-order chi connectivity index (χ1) is 19.1. The number of hydrogen-bond donors (Lipinski definition) is 2. The van der Waals surface area contributed by atoms with Crippen LogP contribution in [0.2, 0.25) is 0 Å². The van der Waals surface area contributed by atoms with Crippen LogP contribution in [0.5, 0.6) is 0 Å². The Bertz CT molecular complexity index is 1380. The summed E-state index contributed by atoms with van der Waals surface area (Å²) >= 11 is 0. The van der Waals surface area contributed by atoms with E-state index < -0.39 is 23.6 Å². The molecular weight excluding hydrogens is 521 g/mol. The van der Waals surface area contributed by atoms with Gasteiger partial charge in [0.1, 0.15) is 6.33 Å². The molecule has 1 aliphatic heterocycles. The molecule has 3 aromatic rings. The quantitative estimate of drug-likeness (QED) is 0.408. The normalized spacial score (nSPS) is 15.1. The molecule has 0 radical (unpaired) electrons. The molecule has 0 bridgehead atoms. The molecule has 2 amide bonds. The van der Waals surface area contributed by atoms with E-state index in [4.69, 9.17) is 0 Å². The Morgan fingerprint density at radius 1 is 1.00 bits per heavy atom. The van der Waals surface area contributed by atoms with Crippen LogP contribution in [0.3, 0.4) is 0 Å². The summed E-state index contributed by atoms with van der Waals surface area (Å²) in [5.41, 5.74) is 1.40. The monoisotopic (exact) mass is 552 g/mol. The van der Waals surface area contributed by atoms with Crippen LogP contribution in [0.15, 0.2) is 61.2 Å². The summed E-state index contributed by atoms with van der Waals surface area (Å²) in [6, 6.07) is 8.58. The Hall–Kier alpha value is -4.09. The maximum Gasteiger partial charge on any atom is 0.416 e. The van der Waals surface area contributed by atoms with Crippen molar-refractivity contribution in [1.82, 2.24) is 19.8 Å². The van der Waals surface area contributed by atoms with E-state index in [1.165, 1.54) is 24.5 Å². The molecule has 0 saturated carbocycles. The summed E-state index contributed by atoms with van der Waals surface area (Å²) in [5, 5.41) is 5.38. The van der Waals surface area contributed by atoms with Gasteiger partial charge in [-0.25, -0.2) is 9.97 Å². The molecule has 0 atom stereocenters. The van der Waals surface area contributed by atoms with E-state index in [1.54, 1.807) is 43.6 Å². The van der Waals surface area contributed by atoms with Crippen LogP contribution in [0.25, 0.3) is 6.08 Å². The highest BCUT2D eigenvalue weighted by Crippen LogP contribution is 2.34. The lowest BCUT2D eigenvalue weighted by molar-refractivity contribution is -0.138. The van der Waals surface area contributed by atoms with Gasteiger partial charge in [-0.05, 0) is 75.0 Å². The van der Waals surface area contributed by atoms with Crippen LogP contribution in [0.4, 0.5) is 24.5 Å². The molecule has 4 rings (SSSR count). The van der Waals surface area contributed by atoms with E-state index in [0.29, 0.717) is 30.0 Å². The molecule has 1 aliphatic rings. The van der Waals surface area contributed by atoms with Crippen LogP contribution in [-0.4, -0.2) is 64.8 Å². The number of likely N-dealkylation sites (N-methyl/N-ethyl adjacent to an activating group) is 1. The molecule has 0 spiro atoms. The third-order valence-corrected chi connectivity index (χ3v) is 6.64. The van der Waals surface area contributed by atoms with Gasteiger partial charge in [0.15, 0.2) is 0 Å². The topological polar surface area (TPSA) is 90.5 Å². The number of halogens is 3. The maximum atomic E-state index is 14.0. The second-order valence-corrected chi connectivity index (χ2v) is 9.78. The Morgan fingerprint density at radius 3 is 2.52 bits per heavy atom. The highest BCUT2D eigenvalue weighted by Gasteiger charge is 2.34. The second kappa shape index (κ2) is 12.8. The van der Waals surface area contributed by atoms with Crippen molar-refractivity contribution >= 4 is 29.3 Å². The maximum absolute atomic E-state index is 14.0. The SMILES string of the molecule is Cc1ccc(NC(=O)c2ccc(CN3CCCN(C)CC3)c(C(F)(F)F)c2)cc1NC(=O)/C=C/c1cncnc1. The number of rotatable bonds is 7. The molecule has 210 valence electrons. The first-order valence-electron chi connectivity index (χ1n) is 12.9. The molecule has 0 unspecified atom stereocenters. The van der Waals surface area contributed by atoms with Gasteiger partial charge in [-0.1, -0.05) is 12.1 Å². The highest BCUT2D eigenvalue weighted by molar-refractivity contribution is 6.06. The predicted molar refractivity (Wildman–Crippen MR) is 148 cm³/mol. The van der Waals surface area contributed by atoms with Crippen LogP contribution in [0.1, 0.15) is 39.0 Å². The van der Waals surface area contributed by atoms with Crippen molar-refractivity contribution in [2.75, 3.05) is 43.9 Å². The fraction of sp³-hybridized carbons (Fsp3) is 0.310. The van der Waals surface area contributed by atoms with Crippen molar-refractivity contribution in [2.45, 2.75) is 26.1 Å². The number of nitrogens with one attached hydrogen (secondary N) is 2. The van der Waals surface area contributed by atoms with Gasteiger partial charge in [0.05, 0.1) is 5.56 Å². The lowest BCUT2D eigenvalue weighted by Gasteiger charge is -2.23. The van der Waals surface area contributed by atoms with Gasteiger partial charge in [-0.2, -0.15) is 13.2 Å². The molecule has 0 aliphatic carbocycles. The average molecular weight is 553 g/mol. The fourth-order valence-corrected chi connectivity index (χ4v) is 4.40. The van der Waals surface area contributed by atoms with Crippen molar-refractivity contribution < 1.29 is 22.8 Å². The minimum absolute atomic E-state index is 0.106. The lowest BCUT2D eigenvalue weighted by atomic mass is 10.0. The van der Waals surface area contributed by atoms with Gasteiger partial charge in [0.25, 0.3) is 5.91 Å². The number of anilines is 2. The van der Waals surface area contributed by atoms with Crippen molar-refractivity contribution in [2.24, 2.45) is 0 Å². The standard InChI is InChI=1S/C29H31F3N6O2/c1-20-4-8-24(15-26(20)36-27(39)9-5-21-16-33-19-34-17-21)35-28(40)22-6-7-23(25(14-22)29(30,31)32)18-38-11-3-10-37(2)12-13-38/h4-9,14-17,19H,3,10-13,18H2,1-2H3,(H,35,40)(H,36,39)/b9-5+. The molecule has 1 saturated heterocycles. The second-order valence-electron chi connectivity index (χ2n) is 9.78. The number of alkyl halides is 3. The number of nitrogens with zero attached hydrogens (tertiary/aromatic N) is 4. The molecule has 1 aromatic heterocycles. The minimum atomic E-state index is -4.60. The number of carbonyl (C=O) groups excluding carboxylic acids is 2. The predicted octanol–water partition coefficient (Wildman–Crippen LogP) is 4.85. The molecule has 2 heterocycles. The number of carbonyl (C=O) groups is 2. The molecule has 40 heavy (non-hydrogen) atoms. The summed E-state index contributed by atoms with van der Waals surface area (Å²) in [7, 11) is 2.00. The number of aryl methyl sites for hydroxylation is 1. The molecule has 2 aromatic carbocycles. The number of benzene rings is 2. The van der Waals surface area contributed by atoms with Crippen molar-refractivity contribution in [1.29, 1.82) is 0 Å². The number of amides is 2. The summed E-state index contributed by atoms with van der Waals surface area (Å²) in [6.07, 6.45) is 3.67. The van der Waals surface area contributed by atoms with E-state index in [-0.39, 0.29) is 17.7 Å².